The number of anilines is 3. The first-order valence-corrected chi connectivity index (χ1v) is 9.33. The summed E-state index contributed by atoms with van der Waals surface area (Å²) in [7, 11) is 0. The van der Waals surface area contributed by atoms with Gasteiger partial charge in [-0.25, -0.2) is 9.97 Å². The fraction of sp³-hybridized carbons (Fsp3) is 0.190. The Bertz CT molecular complexity index is 1070. The highest BCUT2D eigenvalue weighted by atomic mass is 16.5. The van der Waals surface area contributed by atoms with Gasteiger partial charge in [0, 0.05) is 30.0 Å². The van der Waals surface area contributed by atoms with Crippen LogP contribution in [0, 0.1) is 0 Å². The maximum absolute atomic E-state index is 5.43. The first-order chi connectivity index (χ1) is 13.9. The van der Waals surface area contributed by atoms with Crippen LogP contribution in [0.3, 0.4) is 0 Å². The maximum atomic E-state index is 5.43. The van der Waals surface area contributed by atoms with E-state index in [4.69, 9.17) is 9.72 Å². The molecule has 0 unspecified atom stereocenters. The van der Waals surface area contributed by atoms with Crippen LogP contribution in [-0.2, 0) is 4.74 Å². The van der Waals surface area contributed by atoms with Gasteiger partial charge < -0.3 is 15.0 Å². The largest absolute Gasteiger partial charge is 0.378 e. The maximum Gasteiger partial charge on any atom is 0.162 e. The fourth-order valence-corrected chi connectivity index (χ4v) is 3.36. The van der Waals surface area contributed by atoms with Gasteiger partial charge in [0.2, 0.25) is 0 Å². The molecule has 28 heavy (non-hydrogen) atoms. The number of ether oxygens (including phenoxy) is 1. The van der Waals surface area contributed by atoms with Crippen molar-refractivity contribution in [3.8, 4) is 11.4 Å². The summed E-state index contributed by atoms with van der Waals surface area (Å²) in [6.45, 7) is 3.41. The third-order valence-electron chi connectivity index (χ3n) is 4.84. The molecule has 1 aliphatic rings. The lowest BCUT2D eigenvalue weighted by atomic mass is 10.2. The Morgan fingerprint density at radius 2 is 1.71 bits per heavy atom. The van der Waals surface area contributed by atoms with E-state index < -0.39 is 0 Å². The second kappa shape index (κ2) is 7.28. The van der Waals surface area contributed by atoms with Gasteiger partial charge in [-0.3, -0.25) is 5.10 Å². The van der Waals surface area contributed by atoms with Crippen molar-refractivity contribution in [3.63, 3.8) is 0 Å². The van der Waals surface area contributed by atoms with E-state index in [1.54, 1.807) is 6.20 Å². The number of nitrogens with zero attached hydrogens (tertiary/aromatic N) is 4. The molecule has 7 heteroatoms. The third-order valence-corrected chi connectivity index (χ3v) is 4.84. The van der Waals surface area contributed by atoms with Crippen LogP contribution in [0.5, 0.6) is 0 Å². The van der Waals surface area contributed by atoms with E-state index in [0.29, 0.717) is 11.6 Å². The number of H-pyrrole nitrogens is 1. The lowest BCUT2D eigenvalue weighted by Crippen LogP contribution is -2.36. The molecular weight excluding hydrogens is 352 g/mol. The molecule has 0 radical (unpaired) electrons. The third kappa shape index (κ3) is 3.27. The summed E-state index contributed by atoms with van der Waals surface area (Å²) >= 11 is 0. The van der Waals surface area contributed by atoms with Crippen LogP contribution in [0.4, 0.5) is 17.2 Å². The number of rotatable bonds is 4. The van der Waals surface area contributed by atoms with E-state index in [1.165, 1.54) is 5.69 Å². The molecule has 1 aliphatic heterocycles. The molecule has 0 aliphatic carbocycles. The zero-order chi connectivity index (χ0) is 18.8. The average molecular weight is 372 g/mol. The first-order valence-electron chi connectivity index (χ1n) is 9.33. The van der Waals surface area contributed by atoms with Crippen LogP contribution in [0.1, 0.15) is 0 Å². The highest BCUT2D eigenvalue weighted by Gasteiger charge is 2.13. The van der Waals surface area contributed by atoms with Gasteiger partial charge in [-0.1, -0.05) is 30.3 Å². The number of hydrogen-bond acceptors (Lipinski definition) is 6. The molecule has 0 bridgehead atoms. The summed E-state index contributed by atoms with van der Waals surface area (Å²) in [6, 6.07) is 18.3. The predicted octanol–water partition coefficient (Wildman–Crippen LogP) is 3.60. The molecule has 2 aromatic carbocycles. The van der Waals surface area contributed by atoms with Gasteiger partial charge in [0.05, 0.1) is 19.4 Å². The van der Waals surface area contributed by atoms with Crippen molar-refractivity contribution in [3.05, 3.63) is 60.8 Å². The Morgan fingerprint density at radius 3 is 2.50 bits per heavy atom. The Balaban J connectivity index is 1.45. The molecule has 0 amide bonds. The molecule has 1 saturated heterocycles. The zero-order valence-electron chi connectivity index (χ0n) is 15.3. The quantitative estimate of drug-likeness (QED) is 0.570. The van der Waals surface area contributed by atoms with Crippen LogP contribution in [0.2, 0.25) is 0 Å². The molecule has 3 heterocycles. The summed E-state index contributed by atoms with van der Waals surface area (Å²) < 4.78 is 5.43. The SMILES string of the molecule is c1ccc(-c2nc(Nc3ccc(N4CCOCC4)cc3)c3[nH]ncc3n2)cc1. The van der Waals surface area contributed by atoms with Crippen LogP contribution in [0.15, 0.2) is 60.8 Å². The Labute approximate surface area is 162 Å². The van der Waals surface area contributed by atoms with E-state index in [1.807, 2.05) is 30.3 Å². The predicted molar refractivity (Wildman–Crippen MR) is 110 cm³/mol. The zero-order valence-corrected chi connectivity index (χ0v) is 15.3. The lowest BCUT2D eigenvalue weighted by Gasteiger charge is -2.28. The minimum absolute atomic E-state index is 0.668. The Kier molecular flexibility index (Phi) is 4.34. The van der Waals surface area contributed by atoms with E-state index in [9.17, 15) is 0 Å². The number of hydrogen-bond donors (Lipinski definition) is 2. The average Bonchev–Trinajstić information content (AvgIpc) is 3.25. The van der Waals surface area contributed by atoms with E-state index in [2.05, 4.69) is 49.7 Å². The standard InChI is InChI=1S/C21H20N6O/c1-2-4-15(5-3-1)20-24-18-14-22-26-19(18)21(25-20)23-16-6-8-17(9-7-16)27-10-12-28-13-11-27/h1-9,14H,10-13H2,(H,22,26)(H,23,24,25). The smallest absolute Gasteiger partial charge is 0.162 e. The van der Waals surface area contributed by atoms with Crippen molar-refractivity contribution in [2.45, 2.75) is 0 Å². The lowest BCUT2D eigenvalue weighted by molar-refractivity contribution is 0.122. The van der Waals surface area contributed by atoms with Crippen molar-refractivity contribution >= 4 is 28.2 Å². The molecule has 4 aromatic rings. The van der Waals surface area contributed by atoms with Crippen molar-refractivity contribution in [2.75, 3.05) is 36.5 Å². The summed E-state index contributed by atoms with van der Waals surface area (Å²) in [5.74, 6) is 1.38. The van der Waals surface area contributed by atoms with Crippen LogP contribution in [0.25, 0.3) is 22.4 Å². The molecule has 2 aromatic heterocycles. The normalized spacial score (nSPS) is 14.4. The van der Waals surface area contributed by atoms with E-state index >= 15 is 0 Å². The second-order valence-electron chi connectivity index (χ2n) is 6.66. The highest BCUT2D eigenvalue weighted by Crippen LogP contribution is 2.27. The number of benzene rings is 2. The van der Waals surface area contributed by atoms with E-state index in [0.717, 1.165) is 48.6 Å². The van der Waals surface area contributed by atoms with Gasteiger partial charge in [0.15, 0.2) is 11.6 Å². The molecule has 7 nitrogen and oxygen atoms in total. The number of nitrogens with one attached hydrogen (secondary N) is 2. The minimum Gasteiger partial charge on any atom is -0.378 e. The van der Waals surface area contributed by atoms with Gasteiger partial charge in [-0.2, -0.15) is 5.10 Å². The van der Waals surface area contributed by atoms with Crippen molar-refractivity contribution in [2.24, 2.45) is 0 Å². The van der Waals surface area contributed by atoms with E-state index in [-0.39, 0.29) is 0 Å². The molecule has 0 spiro atoms. The van der Waals surface area contributed by atoms with Gasteiger partial charge in [-0.15, -0.1) is 0 Å². The van der Waals surface area contributed by atoms with Crippen LogP contribution in [-0.4, -0.2) is 46.5 Å². The topological polar surface area (TPSA) is 79.0 Å². The summed E-state index contributed by atoms with van der Waals surface area (Å²) in [6.07, 6.45) is 1.72. The van der Waals surface area contributed by atoms with Crippen molar-refractivity contribution < 1.29 is 4.74 Å². The second-order valence-corrected chi connectivity index (χ2v) is 6.66. The first kappa shape index (κ1) is 16.7. The monoisotopic (exact) mass is 372 g/mol. The van der Waals surface area contributed by atoms with Gasteiger partial charge in [0.25, 0.3) is 0 Å². The molecular formula is C21H20N6O. The molecule has 0 saturated carbocycles. The summed E-state index contributed by atoms with van der Waals surface area (Å²) in [5, 5.41) is 10.5. The van der Waals surface area contributed by atoms with Crippen LogP contribution < -0.4 is 10.2 Å². The molecule has 2 N–H and O–H groups in total. The Hall–Kier alpha value is -3.45. The molecule has 1 fully saturated rings. The Morgan fingerprint density at radius 1 is 0.929 bits per heavy atom. The van der Waals surface area contributed by atoms with Crippen LogP contribution >= 0.6 is 0 Å². The molecule has 0 atom stereocenters. The number of morpholine rings is 1. The van der Waals surface area contributed by atoms with Crippen molar-refractivity contribution in [1.82, 2.24) is 20.2 Å². The number of aromatic nitrogens is 4. The van der Waals surface area contributed by atoms with Gasteiger partial charge >= 0.3 is 0 Å². The summed E-state index contributed by atoms with van der Waals surface area (Å²) in [4.78, 5) is 11.7. The highest BCUT2D eigenvalue weighted by molar-refractivity contribution is 5.88. The van der Waals surface area contributed by atoms with Gasteiger partial charge in [-0.05, 0) is 24.3 Å². The molecule has 5 rings (SSSR count). The fourth-order valence-electron chi connectivity index (χ4n) is 3.36. The number of fused-ring (bicyclic) bond motifs is 1. The minimum atomic E-state index is 0.668. The summed E-state index contributed by atoms with van der Waals surface area (Å²) in [5.41, 5.74) is 4.70. The van der Waals surface area contributed by atoms with Gasteiger partial charge in [0.1, 0.15) is 11.0 Å². The number of aromatic amines is 1. The van der Waals surface area contributed by atoms with Crippen molar-refractivity contribution in [1.29, 1.82) is 0 Å². The molecule has 140 valence electrons.